The molecule has 0 N–H and O–H groups in total. The number of furan rings is 1. The first-order chi connectivity index (χ1) is 18.0. The van der Waals surface area contributed by atoms with Crippen molar-refractivity contribution < 1.29 is 18.0 Å². The number of carbonyl (C=O) groups excluding carboxylic acids is 1. The molecule has 0 aromatic carbocycles. The lowest BCUT2D eigenvalue weighted by Crippen LogP contribution is -2.53. The Kier molecular flexibility index (Phi) is 6.19. The molecule has 4 aromatic heterocycles. The summed E-state index contributed by atoms with van der Waals surface area (Å²) < 4.78 is 37.1. The molecule has 2 aliphatic heterocycles. The Morgan fingerprint density at radius 2 is 1.89 bits per heavy atom. The normalized spacial score (nSPS) is 18.9. The summed E-state index contributed by atoms with van der Waals surface area (Å²) in [4.78, 5) is 30.4. The largest absolute Gasteiger partial charge is 0.468 e. The van der Waals surface area contributed by atoms with Crippen LogP contribution < -0.4 is 0 Å². The second-order valence-electron chi connectivity index (χ2n) is 9.86. The molecule has 0 bridgehead atoms. The van der Waals surface area contributed by atoms with Crippen LogP contribution in [0.3, 0.4) is 0 Å². The van der Waals surface area contributed by atoms with Crippen molar-refractivity contribution in [2.75, 3.05) is 26.2 Å². The summed E-state index contributed by atoms with van der Waals surface area (Å²) in [6.07, 6.45) is 6.11. The third kappa shape index (κ3) is 4.61. The molecular formula is C27H28F2N6O2. The van der Waals surface area contributed by atoms with Gasteiger partial charge in [-0.25, -0.2) is 18.7 Å². The lowest BCUT2D eigenvalue weighted by atomic mass is 9.90. The quantitative estimate of drug-likeness (QED) is 0.399. The van der Waals surface area contributed by atoms with E-state index in [0.29, 0.717) is 68.2 Å². The van der Waals surface area contributed by atoms with Gasteiger partial charge in [0, 0.05) is 57.3 Å². The molecule has 6 rings (SSSR count). The Bertz CT molecular complexity index is 1370. The van der Waals surface area contributed by atoms with E-state index in [2.05, 4.69) is 19.9 Å². The third-order valence-electron chi connectivity index (χ3n) is 7.50. The Morgan fingerprint density at radius 3 is 2.59 bits per heavy atom. The molecule has 2 fully saturated rings. The summed E-state index contributed by atoms with van der Waals surface area (Å²) >= 11 is 0. The zero-order valence-corrected chi connectivity index (χ0v) is 20.4. The Morgan fingerprint density at radius 1 is 1.08 bits per heavy atom. The number of alkyl halides is 1. The lowest BCUT2D eigenvalue weighted by Gasteiger charge is -2.40. The van der Waals surface area contributed by atoms with Gasteiger partial charge in [0.15, 0.2) is 17.1 Å². The molecule has 4 aromatic rings. The van der Waals surface area contributed by atoms with Gasteiger partial charge in [0.05, 0.1) is 19.0 Å². The second-order valence-corrected chi connectivity index (χ2v) is 9.86. The SMILES string of the molecule is O=C(N1CCC(n2c(-c3ccccn3)nc3cc(F)cnc32)CC1)C1(F)CCN(Cc2ccco2)CC1. The molecule has 0 aliphatic carbocycles. The van der Waals surface area contributed by atoms with Crippen molar-refractivity contribution >= 4 is 17.1 Å². The highest BCUT2D eigenvalue weighted by molar-refractivity contribution is 5.85. The fourth-order valence-electron chi connectivity index (χ4n) is 5.49. The number of fused-ring (bicyclic) bond motifs is 1. The van der Waals surface area contributed by atoms with Crippen molar-refractivity contribution in [1.29, 1.82) is 0 Å². The van der Waals surface area contributed by atoms with E-state index in [1.54, 1.807) is 17.4 Å². The Balaban J connectivity index is 1.15. The average molecular weight is 507 g/mol. The van der Waals surface area contributed by atoms with Crippen molar-refractivity contribution in [1.82, 2.24) is 29.3 Å². The zero-order valence-electron chi connectivity index (χ0n) is 20.4. The zero-order chi connectivity index (χ0) is 25.4. The minimum atomic E-state index is -1.84. The van der Waals surface area contributed by atoms with Gasteiger partial charge in [0.25, 0.3) is 5.91 Å². The smallest absolute Gasteiger partial charge is 0.260 e. The minimum Gasteiger partial charge on any atom is -0.468 e. The van der Waals surface area contributed by atoms with Crippen LogP contribution in [-0.2, 0) is 11.3 Å². The van der Waals surface area contributed by atoms with Crippen LogP contribution in [0.15, 0.2) is 59.5 Å². The first-order valence-electron chi connectivity index (χ1n) is 12.7. The number of halogens is 2. The first-order valence-corrected chi connectivity index (χ1v) is 12.7. The topological polar surface area (TPSA) is 80.3 Å². The summed E-state index contributed by atoms with van der Waals surface area (Å²) in [7, 11) is 0. The fraction of sp³-hybridized carbons (Fsp3) is 0.407. The molecule has 2 saturated heterocycles. The molecule has 0 unspecified atom stereocenters. The fourth-order valence-corrected chi connectivity index (χ4v) is 5.49. The van der Waals surface area contributed by atoms with Gasteiger partial charge in [-0.15, -0.1) is 0 Å². The number of hydrogen-bond donors (Lipinski definition) is 0. The van der Waals surface area contributed by atoms with Gasteiger partial charge >= 0.3 is 0 Å². The molecule has 10 heteroatoms. The number of amides is 1. The number of hydrogen-bond acceptors (Lipinski definition) is 6. The van der Waals surface area contributed by atoms with Gasteiger partial charge in [0.2, 0.25) is 0 Å². The molecule has 0 spiro atoms. The molecule has 1 amide bonds. The number of rotatable bonds is 5. The lowest BCUT2D eigenvalue weighted by molar-refractivity contribution is -0.149. The van der Waals surface area contributed by atoms with E-state index in [0.717, 1.165) is 5.76 Å². The van der Waals surface area contributed by atoms with E-state index in [1.165, 1.54) is 12.3 Å². The number of imidazole rings is 1. The Hall–Kier alpha value is -3.66. The number of piperidine rings is 2. The highest BCUT2D eigenvalue weighted by atomic mass is 19.1. The maximum atomic E-state index is 15.8. The van der Waals surface area contributed by atoms with Crippen molar-refractivity contribution in [2.45, 2.75) is 43.9 Å². The van der Waals surface area contributed by atoms with E-state index in [9.17, 15) is 9.18 Å². The summed E-state index contributed by atoms with van der Waals surface area (Å²) in [5.74, 6) is 0.594. The van der Waals surface area contributed by atoms with E-state index >= 15 is 4.39 Å². The second kappa shape index (κ2) is 9.66. The van der Waals surface area contributed by atoms with E-state index in [4.69, 9.17) is 4.42 Å². The van der Waals surface area contributed by atoms with Crippen LogP contribution in [0.2, 0.25) is 0 Å². The molecule has 0 saturated carbocycles. The molecule has 6 heterocycles. The highest BCUT2D eigenvalue weighted by Gasteiger charge is 2.45. The maximum absolute atomic E-state index is 15.8. The summed E-state index contributed by atoms with van der Waals surface area (Å²) in [6, 6.07) is 10.7. The van der Waals surface area contributed by atoms with Crippen molar-refractivity contribution in [3.8, 4) is 11.5 Å². The van der Waals surface area contributed by atoms with E-state index in [1.807, 2.05) is 34.9 Å². The van der Waals surface area contributed by atoms with E-state index in [-0.39, 0.29) is 18.9 Å². The average Bonchev–Trinajstić information content (AvgIpc) is 3.58. The predicted molar refractivity (Wildman–Crippen MR) is 133 cm³/mol. The number of likely N-dealkylation sites (tertiary alicyclic amines) is 2. The molecule has 192 valence electrons. The van der Waals surface area contributed by atoms with Gasteiger partial charge in [0.1, 0.15) is 22.8 Å². The van der Waals surface area contributed by atoms with E-state index < -0.39 is 17.4 Å². The van der Waals surface area contributed by atoms with Crippen LogP contribution in [0.5, 0.6) is 0 Å². The van der Waals surface area contributed by atoms with Crippen LogP contribution in [0, 0.1) is 5.82 Å². The van der Waals surface area contributed by atoms with Gasteiger partial charge in [-0.1, -0.05) is 6.07 Å². The molecule has 0 atom stereocenters. The van der Waals surface area contributed by atoms with Crippen LogP contribution >= 0.6 is 0 Å². The summed E-state index contributed by atoms with van der Waals surface area (Å²) in [5, 5.41) is 0. The van der Waals surface area contributed by atoms with Crippen LogP contribution in [0.4, 0.5) is 8.78 Å². The predicted octanol–water partition coefficient (Wildman–Crippen LogP) is 4.39. The van der Waals surface area contributed by atoms with Gasteiger partial charge in [-0.3, -0.25) is 14.7 Å². The van der Waals surface area contributed by atoms with Crippen molar-refractivity contribution in [3.63, 3.8) is 0 Å². The molecular weight excluding hydrogens is 478 g/mol. The third-order valence-corrected chi connectivity index (χ3v) is 7.50. The number of aromatic nitrogens is 4. The van der Waals surface area contributed by atoms with Gasteiger partial charge in [-0.2, -0.15) is 0 Å². The Labute approximate surface area is 212 Å². The van der Waals surface area contributed by atoms with Crippen molar-refractivity contribution in [2.24, 2.45) is 0 Å². The van der Waals surface area contributed by atoms with Gasteiger partial charge in [-0.05, 0) is 37.1 Å². The summed E-state index contributed by atoms with van der Waals surface area (Å²) in [6.45, 7) is 2.52. The molecule has 0 radical (unpaired) electrons. The molecule has 37 heavy (non-hydrogen) atoms. The van der Waals surface area contributed by atoms with Gasteiger partial charge < -0.3 is 13.9 Å². The van der Waals surface area contributed by atoms with Crippen LogP contribution in [-0.4, -0.2) is 67.1 Å². The first kappa shape index (κ1) is 23.7. The standard InChI is InChI=1S/C27H28F2N6O2/c28-19-16-23-24(31-17-19)35(25(32-23)22-5-1-2-10-30-22)20-6-11-34(12-7-20)26(36)27(29)8-13-33(14-9-27)18-21-4-3-15-37-21/h1-5,10,15-17,20H,6-9,11-14,18H2. The minimum absolute atomic E-state index is 0.0188. The number of carbonyl (C=O) groups is 1. The number of nitrogens with zero attached hydrogens (tertiary/aromatic N) is 6. The van der Waals surface area contributed by atoms with Crippen LogP contribution in [0.1, 0.15) is 37.5 Å². The molecule has 8 nitrogen and oxygen atoms in total. The molecule has 2 aliphatic rings. The number of pyridine rings is 2. The monoisotopic (exact) mass is 506 g/mol. The van der Waals surface area contributed by atoms with Crippen molar-refractivity contribution in [3.05, 3.63) is 66.6 Å². The maximum Gasteiger partial charge on any atom is 0.260 e. The summed E-state index contributed by atoms with van der Waals surface area (Å²) in [5.41, 5.74) is -0.129. The highest BCUT2D eigenvalue weighted by Crippen LogP contribution is 2.35. The van der Waals surface area contributed by atoms with Crippen LogP contribution in [0.25, 0.3) is 22.7 Å².